The number of hydrogen-bond acceptors (Lipinski definition) is 4. The van der Waals surface area contributed by atoms with Gasteiger partial charge in [-0.1, -0.05) is 0 Å². The smallest absolute Gasteiger partial charge is 0.401 e. The van der Waals surface area contributed by atoms with Gasteiger partial charge in [0.1, 0.15) is 5.82 Å². The van der Waals surface area contributed by atoms with Gasteiger partial charge in [0.05, 0.1) is 17.2 Å². The number of hydrogen-bond donors (Lipinski definition) is 0. The number of fused-ring (bicyclic) bond motifs is 1. The van der Waals surface area contributed by atoms with E-state index in [0.717, 1.165) is 3.57 Å². The Morgan fingerprint density at radius 1 is 1.38 bits per heavy atom. The molecule has 0 aromatic carbocycles. The number of aromatic nitrogens is 3. The van der Waals surface area contributed by atoms with Crippen molar-refractivity contribution in [1.29, 1.82) is 0 Å². The molecule has 0 unspecified atom stereocenters. The molecule has 1 aliphatic heterocycles. The summed E-state index contributed by atoms with van der Waals surface area (Å²) in [4.78, 5) is 1.36. The SMILES string of the molecule is COc1c(I)ccn2c(C3CN(CC(F)(F)F)C3)nnc12. The Hall–Kier alpha value is -1.10. The highest BCUT2D eigenvalue weighted by Gasteiger charge is 2.39. The Kier molecular flexibility index (Phi) is 3.72. The van der Waals surface area contributed by atoms with E-state index in [9.17, 15) is 13.2 Å². The van der Waals surface area contributed by atoms with E-state index in [2.05, 4.69) is 32.8 Å². The van der Waals surface area contributed by atoms with E-state index in [1.54, 1.807) is 11.5 Å². The summed E-state index contributed by atoms with van der Waals surface area (Å²) < 4.78 is 44.9. The van der Waals surface area contributed by atoms with Crippen LogP contribution in [0.3, 0.4) is 0 Å². The van der Waals surface area contributed by atoms with Crippen molar-refractivity contribution in [2.75, 3.05) is 26.7 Å². The molecule has 2 aromatic heterocycles. The maximum Gasteiger partial charge on any atom is 0.401 e. The standard InChI is InChI=1S/C12H12F3IN4O/c1-21-9-8(16)2-3-20-10(17-18-11(9)20)7-4-19(5-7)6-12(13,14)15/h2-3,7H,4-6H2,1H3. The fourth-order valence-corrected chi connectivity index (χ4v) is 3.13. The fourth-order valence-electron chi connectivity index (χ4n) is 2.51. The topological polar surface area (TPSA) is 42.7 Å². The van der Waals surface area contributed by atoms with Crippen molar-refractivity contribution in [2.45, 2.75) is 12.1 Å². The van der Waals surface area contributed by atoms with Crippen LogP contribution in [-0.2, 0) is 0 Å². The number of halogens is 4. The van der Waals surface area contributed by atoms with Crippen LogP contribution in [0.15, 0.2) is 12.3 Å². The minimum Gasteiger partial charge on any atom is -0.492 e. The zero-order valence-electron chi connectivity index (χ0n) is 11.1. The summed E-state index contributed by atoms with van der Waals surface area (Å²) in [5.74, 6) is 1.27. The molecule has 0 bridgehead atoms. The molecule has 0 atom stereocenters. The number of alkyl halides is 3. The van der Waals surface area contributed by atoms with Crippen molar-refractivity contribution in [1.82, 2.24) is 19.5 Å². The molecule has 9 heteroatoms. The van der Waals surface area contributed by atoms with Gasteiger partial charge in [-0.2, -0.15) is 13.2 Å². The van der Waals surface area contributed by atoms with Crippen molar-refractivity contribution in [3.63, 3.8) is 0 Å². The van der Waals surface area contributed by atoms with Crippen LogP contribution >= 0.6 is 22.6 Å². The van der Waals surface area contributed by atoms with E-state index in [-0.39, 0.29) is 5.92 Å². The number of methoxy groups -OCH3 is 1. The Morgan fingerprint density at radius 3 is 2.71 bits per heavy atom. The first-order valence-electron chi connectivity index (χ1n) is 6.25. The van der Waals surface area contributed by atoms with Gasteiger partial charge in [-0.3, -0.25) is 9.30 Å². The number of ether oxygens (including phenoxy) is 1. The lowest BCUT2D eigenvalue weighted by atomic mass is 9.99. The maximum absolute atomic E-state index is 12.3. The van der Waals surface area contributed by atoms with Crippen molar-refractivity contribution in [2.24, 2.45) is 0 Å². The molecule has 2 aromatic rings. The zero-order valence-corrected chi connectivity index (χ0v) is 13.2. The molecule has 114 valence electrons. The van der Waals surface area contributed by atoms with Crippen LogP contribution in [0.5, 0.6) is 5.75 Å². The van der Waals surface area contributed by atoms with Gasteiger partial charge in [0.15, 0.2) is 5.75 Å². The number of likely N-dealkylation sites (tertiary alicyclic amines) is 1. The highest BCUT2D eigenvalue weighted by molar-refractivity contribution is 14.1. The highest BCUT2D eigenvalue weighted by atomic mass is 127. The van der Waals surface area contributed by atoms with Gasteiger partial charge in [0.2, 0.25) is 5.65 Å². The molecule has 0 saturated carbocycles. The van der Waals surface area contributed by atoms with E-state index in [1.165, 1.54) is 4.90 Å². The predicted octanol–water partition coefficient (Wildman–Crippen LogP) is 2.30. The second-order valence-electron chi connectivity index (χ2n) is 4.95. The first kappa shape index (κ1) is 14.8. The van der Waals surface area contributed by atoms with Gasteiger partial charge in [-0.05, 0) is 28.7 Å². The van der Waals surface area contributed by atoms with Gasteiger partial charge in [0, 0.05) is 25.2 Å². The fraction of sp³-hybridized carbons (Fsp3) is 0.500. The average molecular weight is 412 g/mol. The van der Waals surface area contributed by atoms with Crippen molar-refractivity contribution in [3.05, 3.63) is 21.7 Å². The minimum absolute atomic E-state index is 0.0351. The summed E-state index contributed by atoms with van der Waals surface area (Å²) in [5.41, 5.74) is 0.591. The molecule has 5 nitrogen and oxygen atoms in total. The van der Waals surface area contributed by atoms with Gasteiger partial charge >= 0.3 is 6.18 Å². The first-order chi connectivity index (χ1) is 9.89. The minimum atomic E-state index is -4.16. The second-order valence-corrected chi connectivity index (χ2v) is 6.12. The molecule has 3 rings (SSSR count). The summed E-state index contributed by atoms with van der Waals surface area (Å²) in [6.07, 6.45) is -2.33. The van der Waals surface area contributed by atoms with Gasteiger partial charge in [-0.25, -0.2) is 0 Å². The molecule has 1 aliphatic rings. The summed E-state index contributed by atoms with van der Waals surface area (Å²) in [6, 6.07) is 1.87. The van der Waals surface area contributed by atoms with E-state index in [4.69, 9.17) is 4.74 Å². The van der Waals surface area contributed by atoms with Crippen molar-refractivity contribution >= 4 is 28.2 Å². The molecule has 0 aliphatic carbocycles. The van der Waals surface area contributed by atoms with Gasteiger partial charge < -0.3 is 4.74 Å². The Bertz CT molecular complexity index is 666. The Labute approximate surface area is 132 Å². The molecule has 0 spiro atoms. The van der Waals surface area contributed by atoms with Gasteiger partial charge in [0.25, 0.3) is 0 Å². The van der Waals surface area contributed by atoms with Crippen LogP contribution in [0.1, 0.15) is 11.7 Å². The predicted molar refractivity (Wildman–Crippen MR) is 77.5 cm³/mol. The Morgan fingerprint density at radius 2 is 2.10 bits per heavy atom. The van der Waals surface area contributed by atoms with E-state index in [1.807, 2.05) is 12.3 Å². The number of nitrogens with zero attached hydrogens (tertiary/aromatic N) is 4. The average Bonchev–Trinajstić information content (AvgIpc) is 2.75. The van der Waals surface area contributed by atoms with E-state index < -0.39 is 12.7 Å². The molecular weight excluding hydrogens is 400 g/mol. The van der Waals surface area contributed by atoms with Crippen molar-refractivity contribution in [3.8, 4) is 5.75 Å². The lowest BCUT2D eigenvalue weighted by molar-refractivity contribution is -0.155. The zero-order chi connectivity index (χ0) is 15.2. The number of pyridine rings is 1. The second kappa shape index (κ2) is 5.27. The molecule has 0 N–H and O–H groups in total. The van der Waals surface area contributed by atoms with E-state index >= 15 is 0 Å². The third kappa shape index (κ3) is 2.80. The highest BCUT2D eigenvalue weighted by Crippen LogP contribution is 2.32. The molecule has 21 heavy (non-hydrogen) atoms. The van der Waals surface area contributed by atoms with Gasteiger partial charge in [-0.15, -0.1) is 10.2 Å². The van der Waals surface area contributed by atoms with Crippen LogP contribution < -0.4 is 4.74 Å². The molecule has 0 amide bonds. The third-order valence-corrected chi connectivity index (χ3v) is 4.29. The third-order valence-electron chi connectivity index (χ3n) is 3.44. The quantitative estimate of drug-likeness (QED) is 0.726. The molecule has 3 heterocycles. The monoisotopic (exact) mass is 412 g/mol. The lowest BCUT2D eigenvalue weighted by Crippen LogP contribution is -2.49. The molecular formula is C12H12F3IN4O. The normalized spacial score (nSPS) is 17.2. The summed E-state index contributed by atoms with van der Waals surface area (Å²) in [7, 11) is 1.56. The summed E-state index contributed by atoms with van der Waals surface area (Å²) in [6.45, 7) is -0.190. The van der Waals surface area contributed by atoms with Crippen molar-refractivity contribution < 1.29 is 17.9 Å². The molecule has 1 saturated heterocycles. The van der Waals surface area contributed by atoms with Crippen LogP contribution in [-0.4, -0.2) is 52.4 Å². The summed E-state index contributed by atoms with van der Waals surface area (Å²) >= 11 is 2.14. The van der Waals surface area contributed by atoms with Crippen LogP contribution in [0, 0.1) is 3.57 Å². The maximum atomic E-state index is 12.3. The van der Waals surface area contributed by atoms with Crippen LogP contribution in [0.25, 0.3) is 5.65 Å². The van der Waals surface area contributed by atoms with Crippen LogP contribution in [0.2, 0.25) is 0 Å². The van der Waals surface area contributed by atoms with E-state index in [0.29, 0.717) is 30.3 Å². The first-order valence-corrected chi connectivity index (χ1v) is 7.33. The number of rotatable bonds is 3. The largest absolute Gasteiger partial charge is 0.492 e. The summed E-state index contributed by atoms with van der Waals surface area (Å²) in [5, 5.41) is 8.21. The molecule has 0 radical (unpaired) electrons. The molecule has 1 fully saturated rings. The Balaban J connectivity index is 1.81. The lowest BCUT2D eigenvalue weighted by Gasteiger charge is -2.38. The van der Waals surface area contributed by atoms with Crippen LogP contribution in [0.4, 0.5) is 13.2 Å².